The Morgan fingerprint density at radius 1 is 0.975 bits per heavy atom. The summed E-state index contributed by atoms with van der Waals surface area (Å²) in [5.74, 6) is 1.04. The number of anilines is 2. The molecular formula is C29H35ClN6O3S. The van der Waals surface area contributed by atoms with Crippen LogP contribution < -0.4 is 14.8 Å². The van der Waals surface area contributed by atoms with Gasteiger partial charge in [-0.05, 0) is 82.0 Å². The van der Waals surface area contributed by atoms with Gasteiger partial charge < -0.3 is 15.0 Å². The fraction of sp³-hybridized carbons (Fsp3) is 0.414. The fourth-order valence-corrected chi connectivity index (χ4v) is 6.91. The minimum atomic E-state index is -3.90. The normalized spacial score (nSPS) is 20.4. The lowest BCUT2D eigenvalue weighted by Crippen LogP contribution is -2.43. The molecule has 0 bridgehead atoms. The molecule has 2 fully saturated rings. The van der Waals surface area contributed by atoms with Crippen LogP contribution in [0.25, 0.3) is 12.2 Å². The largest absolute Gasteiger partial charge is 0.481 e. The molecule has 9 nitrogen and oxygen atoms in total. The van der Waals surface area contributed by atoms with Crippen molar-refractivity contribution in [3.8, 4) is 5.88 Å². The van der Waals surface area contributed by atoms with E-state index in [1.54, 1.807) is 36.7 Å². The first kappa shape index (κ1) is 28.3. The number of pyridine rings is 1. The maximum atomic E-state index is 12.7. The number of hydrogen-bond donors (Lipinski definition) is 2. The lowest BCUT2D eigenvalue weighted by molar-refractivity contribution is 0.127. The Balaban J connectivity index is 1.17. The highest BCUT2D eigenvalue weighted by Crippen LogP contribution is 2.28. The summed E-state index contributed by atoms with van der Waals surface area (Å²) in [6.07, 6.45) is 16.0. The van der Waals surface area contributed by atoms with Crippen LogP contribution in [0.15, 0.2) is 53.7 Å². The first-order chi connectivity index (χ1) is 19.4. The van der Waals surface area contributed by atoms with Crippen molar-refractivity contribution in [2.24, 2.45) is 0 Å². The van der Waals surface area contributed by atoms with Gasteiger partial charge in [-0.2, -0.15) is 4.98 Å². The summed E-state index contributed by atoms with van der Waals surface area (Å²) >= 11 is 6.06. The highest BCUT2D eigenvalue weighted by molar-refractivity contribution is 7.92. The van der Waals surface area contributed by atoms with Gasteiger partial charge in [-0.3, -0.25) is 4.72 Å². The number of nitrogens with zero attached hydrogens (tertiary/aromatic N) is 4. The lowest BCUT2D eigenvalue weighted by Gasteiger charge is -2.39. The minimum absolute atomic E-state index is 0.0236. The van der Waals surface area contributed by atoms with E-state index < -0.39 is 10.0 Å². The summed E-state index contributed by atoms with van der Waals surface area (Å²) in [6, 6.07) is 10.7. The molecule has 3 heterocycles. The Bertz CT molecular complexity index is 1420. The molecule has 0 radical (unpaired) electrons. The van der Waals surface area contributed by atoms with Crippen LogP contribution in [0, 0.1) is 0 Å². The van der Waals surface area contributed by atoms with E-state index in [0.717, 1.165) is 24.4 Å². The van der Waals surface area contributed by atoms with Gasteiger partial charge in [0.15, 0.2) is 0 Å². The van der Waals surface area contributed by atoms with Crippen LogP contribution in [0.3, 0.4) is 0 Å². The van der Waals surface area contributed by atoms with Crippen molar-refractivity contribution >= 4 is 45.5 Å². The van der Waals surface area contributed by atoms with E-state index in [2.05, 4.69) is 29.9 Å². The number of piperidine rings is 1. The molecule has 2 aliphatic rings. The zero-order chi connectivity index (χ0) is 28.0. The van der Waals surface area contributed by atoms with Crippen molar-refractivity contribution < 1.29 is 13.2 Å². The van der Waals surface area contributed by atoms with E-state index in [4.69, 9.17) is 16.3 Å². The lowest BCUT2D eigenvalue weighted by atomic mass is 9.89. The van der Waals surface area contributed by atoms with Gasteiger partial charge in [-0.25, -0.2) is 18.4 Å². The number of sulfonamides is 1. The number of nitrogens with one attached hydrogen (secondary N) is 2. The average Bonchev–Trinajstić information content (AvgIpc) is 2.98. The molecule has 5 rings (SSSR count). The highest BCUT2D eigenvalue weighted by Gasteiger charge is 2.27. The van der Waals surface area contributed by atoms with Crippen molar-refractivity contribution in [2.75, 3.05) is 30.2 Å². The third-order valence-corrected chi connectivity index (χ3v) is 9.37. The van der Waals surface area contributed by atoms with Crippen molar-refractivity contribution in [3.63, 3.8) is 0 Å². The van der Waals surface area contributed by atoms with Crippen molar-refractivity contribution in [1.29, 1.82) is 0 Å². The summed E-state index contributed by atoms with van der Waals surface area (Å²) in [5.41, 5.74) is 1.50. The number of aromatic nitrogens is 3. The molecule has 11 heteroatoms. The number of ether oxygens (including phenoxy) is 1. The number of hydrogen-bond acceptors (Lipinski definition) is 8. The zero-order valence-corrected chi connectivity index (χ0v) is 24.2. The maximum absolute atomic E-state index is 12.7. The number of likely N-dealkylation sites (tertiary alicyclic amines) is 1. The zero-order valence-electron chi connectivity index (χ0n) is 22.6. The quantitative estimate of drug-likeness (QED) is 0.330. The van der Waals surface area contributed by atoms with Crippen molar-refractivity contribution in [1.82, 2.24) is 19.9 Å². The molecule has 1 aromatic carbocycles. The molecule has 1 aliphatic heterocycles. The second kappa shape index (κ2) is 13.0. The molecule has 0 unspecified atom stereocenters. The molecule has 212 valence electrons. The smallest absolute Gasteiger partial charge is 0.264 e. The van der Waals surface area contributed by atoms with E-state index in [1.807, 2.05) is 12.2 Å². The van der Waals surface area contributed by atoms with Crippen LogP contribution in [0.4, 0.5) is 11.8 Å². The van der Waals surface area contributed by atoms with Gasteiger partial charge in [0.05, 0.1) is 12.1 Å². The number of methoxy groups -OCH3 is 1. The van der Waals surface area contributed by atoms with Crippen LogP contribution in [0.2, 0.25) is 5.02 Å². The number of rotatable bonds is 9. The van der Waals surface area contributed by atoms with Gasteiger partial charge in [0.25, 0.3) is 10.0 Å². The minimum Gasteiger partial charge on any atom is -0.481 e. The average molecular weight is 583 g/mol. The van der Waals surface area contributed by atoms with Crippen LogP contribution in [0.1, 0.15) is 56.1 Å². The van der Waals surface area contributed by atoms with E-state index in [-0.39, 0.29) is 21.6 Å². The van der Waals surface area contributed by atoms with Gasteiger partial charge in [0.1, 0.15) is 10.7 Å². The van der Waals surface area contributed by atoms with Gasteiger partial charge in [-0.15, -0.1) is 0 Å². The Hall–Kier alpha value is -3.21. The van der Waals surface area contributed by atoms with Crippen molar-refractivity contribution in [3.05, 3.63) is 64.9 Å². The van der Waals surface area contributed by atoms with Crippen LogP contribution in [-0.2, 0) is 10.0 Å². The first-order valence-electron chi connectivity index (χ1n) is 13.7. The standard InChI is InChI=1S/C29H35ClN6O3S/c1-39-28-22(11-16-27(34-28)35-40(37,38)26-8-4-3-7-25(26)30)10-9-21-19-31-29(32-20-21)33-23-12-14-24(15-13-23)36-17-5-2-6-18-36/h3-4,7-11,16,19-20,23-24H,2,5-6,12-15,17-18H2,1H3,(H,34,35)(H,31,32,33)/b10-9+. The SMILES string of the molecule is COc1nc(NS(=O)(=O)c2ccccc2Cl)ccc1/C=C/c1cnc(NC2CCC(N3CCCCC3)CC2)nc1. The first-order valence-corrected chi connectivity index (χ1v) is 15.6. The molecule has 1 aliphatic carbocycles. The summed E-state index contributed by atoms with van der Waals surface area (Å²) in [6.45, 7) is 2.52. The molecule has 0 spiro atoms. The molecule has 2 N–H and O–H groups in total. The molecular weight excluding hydrogens is 548 g/mol. The van der Waals surface area contributed by atoms with Gasteiger partial charge in [0, 0.05) is 35.6 Å². The summed E-state index contributed by atoms with van der Waals surface area (Å²) in [4.78, 5) is 16.0. The second-order valence-corrected chi connectivity index (χ2v) is 12.3. The topological polar surface area (TPSA) is 109 Å². The number of benzene rings is 1. The Morgan fingerprint density at radius 2 is 1.70 bits per heavy atom. The van der Waals surface area contributed by atoms with Gasteiger partial charge in [-0.1, -0.05) is 36.2 Å². The van der Waals surface area contributed by atoms with E-state index in [0.29, 0.717) is 17.6 Å². The Morgan fingerprint density at radius 3 is 2.40 bits per heavy atom. The van der Waals surface area contributed by atoms with Gasteiger partial charge >= 0.3 is 0 Å². The van der Waals surface area contributed by atoms with E-state index >= 15 is 0 Å². The number of halogens is 1. The Kier molecular flexibility index (Phi) is 9.18. The predicted molar refractivity (Wildman–Crippen MR) is 159 cm³/mol. The molecule has 1 saturated heterocycles. The molecule has 0 atom stereocenters. The highest BCUT2D eigenvalue weighted by atomic mass is 35.5. The third kappa shape index (κ3) is 7.10. The summed E-state index contributed by atoms with van der Waals surface area (Å²) in [5, 5.41) is 3.63. The molecule has 1 saturated carbocycles. The molecule has 3 aromatic rings. The summed E-state index contributed by atoms with van der Waals surface area (Å²) in [7, 11) is -2.42. The second-order valence-electron chi connectivity index (χ2n) is 10.3. The van der Waals surface area contributed by atoms with E-state index in [1.165, 1.54) is 64.4 Å². The predicted octanol–water partition coefficient (Wildman–Crippen LogP) is 5.71. The Labute approximate surface area is 241 Å². The monoisotopic (exact) mass is 582 g/mol. The summed E-state index contributed by atoms with van der Waals surface area (Å²) < 4.78 is 33.3. The molecule has 2 aromatic heterocycles. The molecule has 0 amide bonds. The van der Waals surface area contributed by atoms with Crippen LogP contribution >= 0.6 is 11.6 Å². The van der Waals surface area contributed by atoms with Crippen LogP contribution in [-0.4, -0.2) is 60.6 Å². The van der Waals surface area contributed by atoms with Gasteiger partial charge in [0.2, 0.25) is 11.8 Å². The maximum Gasteiger partial charge on any atom is 0.264 e. The molecule has 40 heavy (non-hydrogen) atoms. The van der Waals surface area contributed by atoms with Crippen molar-refractivity contribution in [2.45, 2.75) is 61.9 Å². The fourth-order valence-electron chi connectivity index (χ4n) is 5.39. The van der Waals surface area contributed by atoms with E-state index in [9.17, 15) is 8.42 Å². The van der Waals surface area contributed by atoms with Crippen LogP contribution in [0.5, 0.6) is 5.88 Å². The third-order valence-electron chi connectivity index (χ3n) is 7.51.